The van der Waals surface area contributed by atoms with Crippen LogP contribution in [0.3, 0.4) is 0 Å². The van der Waals surface area contributed by atoms with E-state index in [1.54, 1.807) is 7.11 Å². The van der Waals surface area contributed by atoms with Crippen LogP contribution in [0.1, 0.15) is 35.9 Å². The fraction of sp³-hybridized carbons (Fsp3) is 0.412. The Morgan fingerprint density at radius 1 is 1.14 bits per heavy atom. The van der Waals surface area contributed by atoms with Crippen LogP contribution >= 0.6 is 11.6 Å². The molecule has 0 amide bonds. The molecular formula is C17H21ClN2O. The van der Waals surface area contributed by atoms with E-state index in [-0.39, 0.29) is 0 Å². The van der Waals surface area contributed by atoms with Crippen molar-refractivity contribution in [2.24, 2.45) is 0 Å². The zero-order chi connectivity index (χ0) is 15.6. The summed E-state index contributed by atoms with van der Waals surface area (Å²) >= 11 is 6.29. The van der Waals surface area contributed by atoms with Crippen LogP contribution in [0.5, 0.6) is 5.75 Å². The second kappa shape index (κ2) is 6.44. The molecule has 0 aliphatic carbocycles. The predicted octanol–water partition coefficient (Wildman–Crippen LogP) is 4.68. The number of hydrogen-bond acceptors (Lipinski definition) is 3. The van der Waals surface area contributed by atoms with E-state index < -0.39 is 0 Å². The van der Waals surface area contributed by atoms with Crippen LogP contribution in [0.15, 0.2) is 12.1 Å². The van der Waals surface area contributed by atoms with Crippen LogP contribution in [-0.4, -0.2) is 17.1 Å². The Labute approximate surface area is 131 Å². The van der Waals surface area contributed by atoms with E-state index in [1.807, 2.05) is 13.0 Å². The van der Waals surface area contributed by atoms with Gasteiger partial charge in [0.25, 0.3) is 0 Å². The second-order valence-corrected chi connectivity index (χ2v) is 5.67. The third-order valence-electron chi connectivity index (χ3n) is 3.51. The molecule has 0 N–H and O–H groups in total. The van der Waals surface area contributed by atoms with E-state index in [4.69, 9.17) is 21.3 Å². The average molecular weight is 305 g/mol. The number of halogens is 1. The summed E-state index contributed by atoms with van der Waals surface area (Å²) in [6, 6.07) is 4.16. The quantitative estimate of drug-likeness (QED) is 0.769. The molecule has 0 spiro atoms. The summed E-state index contributed by atoms with van der Waals surface area (Å²) in [5, 5.41) is 0.519. The van der Waals surface area contributed by atoms with Gasteiger partial charge in [0, 0.05) is 17.5 Å². The monoisotopic (exact) mass is 304 g/mol. The van der Waals surface area contributed by atoms with Gasteiger partial charge in [-0.3, -0.25) is 0 Å². The molecule has 112 valence electrons. The first-order valence-corrected chi connectivity index (χ1v) is 7.54. The van der Waals surface area contributed by atoms with Gasteiger partial charge in [-0.2, -0.15) is 0 Å². The van der Waals surface area contributed by atoms with Gasteiger partial charge in [-0.15, -0.1) is 0 Å². The Hall–Kier alpha value is -1.61. The maximum Gasteiger partial charge on any atom is 0.136 e. The van der Waals surface area contributed by atoms with Crippen LogP contribution in [0.2, 0.25) is 5.15 Å². The lowest BCUT2D eigenvalue weighted by atomic mass is 9.99. The van der Waals surface area contributed by atoms with Crippen molar-refractivity contribution in [3.05, 3.63) is 39.8 Å². The second-order valence-electron chi connectivity index (χ2n) is 5.31. The fourth-order valence-corrected chi connectivity index (χ4v) is 2.69. The summed E-state index contributed by atoms with van der Waals surface area (Å²) in [7, 11) is 1.68. The highest BCUT2D eigenvalue weighted by atomic mass is 35.5. The highest BCUT2D eigenvalue weighted by Gasteiger charge is 2.17. The molecule has 0 aliphatic rings. The molecule has 1 aromatic heterocycles. The number of nitrogens with zero attached hydrogens (tertiary/aromatic N) is 2. The highest BCUT2D eigenvalue weighted by Crippen LogP contribution is 2.36. The molecule has 0 unspecified atom stereocenters. The minimum absolute atomic E-state index is 0.519. The Morgan fingerprint density at radius 3 is 2.48 bits per heavy atom. The Bertz CT molecular complexity index is 668. The number of benzene rings is 1. The standard InChI is InChI=1S/C17H21ClN2O/c1-6-7-14-19-16(12(4)17(18)20-14)15-11(3)8-10(2)9-13(15)21-5/h8-9H,6-7H2,1-5H3. The molecule has 0 aliphatic heterocycles. The van der Waals surface area contributed by atoms with Gasteiger partial charge in [0.1, 0.15) is 16.7 Å². The molecule has 0 fully saturated rings. The van der Waals surface area contributed by atoms with Gasteiger partial charge in [0.2, 0.25) is 0 Å². The third kappa shape index (κ3) is 3.18. The van der Waals surface area contributed by atoms with Crippen LogP contribution in [0.4, 0.5) is 0 Å². The van der Waals surface area contributed by atoms with E-state index in [0.717, 1.165) is 46.8 Å². The van der Waals surface area contributed by atoms with Crippen LogP contribution in [0.25, 0.3) is 11.3 Å². The zero-order valence-corrected chi connectivity index (χ0v) is 14.0. The average Bonchev–Trinajstić information content (AvgIpc) is 2.42. The maximum atomic E-state index is 6.29. The summed E-state index contributed by atoms with van der Waals surface area (Å²) < 4.78 is 5.55. The normalized spacial score (nSPS) is 10.8. The first-order valence-electron chi connectivity index (χ1n) is 7.16. The minimum Gasteiger partial charge on any atom is -0.496 e. The molecular weight excluding hydrogens is 284 g/mol. The summed E-state index contributed by atoms with van der Waals surface area (Å²) in [5.74, 6) is 1.61. The van der Waals surface area contributed by atoms with E-state index in [2.05, 4.69) is 31.8 Å². The maximum absolute atomic E-state index is 6.29. The molecule has 2 aromatic rings. The van der Waals surface area contributed by atoms with Gasteiger partial charge < -0.3 is 4.74 Å². The molecule has 1 heterocycles. The summed E-state index contributed by atoms with van der Waals surface area (Å²) in [5.41, 5.74) is 5.06. The van der Waals surface area contributed by atoms with Gasteiger partial charge in [0.15, 0.2) is 0 Å². The topological polar surface area (TPSA) is 35.0 Å². The molecule has 21 heavy (non-hydrogen) atoms. The molecule has 0 saturated carbocycles. The van der Waals surface area contributed by atoms with Gasteiger partial charge in [0.05, 0.1) is 12.8 Å². The van der Waals surface area contributed by atoms with Gasteiger partial charge in [-0.1, -0.05) is 24.6 Å². The van der Waals surface area contributed by atoms with E-state index in [0.29, 0.717) is 5.15 Å². The van der Waals surface area contributed by atoms with Crippen molar-refractivity contribution in [1.29, 1.82) is 0 Å². The lowest BCUT2D eigenvalue weighted by molar-refractivity contribution is 0.415. The number of aryl methyl sites for hydroxylation is 3. The summed E-state index contributed by atoms with van der Waals surface area (Å²) in [6.07, 6.45) is 1.81. The Kier molecular flexibility index (Phi) is 4.84. The largest absolute Gasteiger partial charge is 0.496 e. The van der Waals surface area contributed by atoms with Crippen molar-refractivity contribution >= 4 is 11.6 Å². The van der Waals surface area contributed by atoms with Gasteiger partial charge in [-0.05, 0) is 44.4 Å². The predicted molar refractivity (Wildman–Crippen MR) is 87.2 cm³/mol. The molecule has 0 radical (unpaired) electrons. The minimum atomic E-state index is 0.519. The third-order valence-corrected chi connectivity index (χ3v) is 3.87. The molecule has 1 aromatic carbocycles. The first-order chi connectivity index (χ1) is 9.97. The van der Waals surface area contributed by atoms with Crippen molar-refractivity contribution in [3.8, 4) is 17.0 Å². The van der Waals surface area contributed by atoms with Crippen molar-refractivity contribution < 1.29 is 4.74 Å². The van der Waals surface area contributed by atoms with Crippen LogP contribution in [-0.2, 0) is 6.42 Å². The van der Waals surface area contributed by atoms with Crippen LogP contribution < -0.4 is 4.74 Å². The fourth-order valence-electron chi connectivity index (χ4n) is 2.50. The smallest absolute Gasteiger partial charge is 0.136 e. The zero-order valence-electron chi connectivity index (χ0n) is 13.2. The lowest BCUT2D eigenvalue weighted by Crippen LogP contribution is -2.03. The van der Waals surface area contributed by atoms with E-state index >= 15 is 0 Å². The molecule has 2 rings (SSSR count). The van der Waals surface area contributed by atoms with Crippen LogP contribution in [0, 0.1) is 20.8 Å². The molecule has 0 bridgehead atoms. The van der Waals surface area contributed by atoms with Crippen molar-refractivity contribution in [1.82, 2.24) is 9.97 Å². The van der Waals surface area contributed by atoms with Crippen molar-refractivity contribution in [2.45, 2.75) is 40.5 Å². The first kappa shape index (κ1) is 15.8. The number of methoxy groups -OCH3 is 1. The number of aromatic nitrogens is 2. The summed E-state index contributed by atoms with van der Waals surface area (Å²) in [6.45, 7) is 8.18. The molecule has 3 nitrogen and oxygen atoms in total. The SMILES string of the molecule is CCCc1nc(Cl)c(C)c(-c2c(C)cc(C)cc2OC)n1. The Balaban J connectivity index is 2.71. The number of hydrogen-bond donors (Lipinski definition) is 0. The number of rotatable bonds is 4. The van der Waals surface area contributed by atoms with Crippen molar-refractivity contribution in [3.63, 3.8) is 0 Å². The number of ether oxygens (including phenoxy) is 1. The molecule has 0 saturated heterocycles. The molecule has 4 heteroatoms. The van der Waals surface area contributed by atoms with Crippen molar-refractivity contribution in [2.75, 3.05) is 7.11 Å². The Morgan fingerprint density at radius 2 is 1.86 bits per heavy atom. The van der Waals surface area contributed by atoms with Gasteiger partial charge >= 0.3 is 0 Å². The lowest BCUT2D eigenvalue weighted by Gasteiger charge is -2.15. The van der Waals surface area contributed by atoms with E-state index in [1.165, 1.54) is 5.56 Å². The van der Waals surface area contributed by atoms with E-state index in [9.17, 15) is 0 Å². The highest BCUT2D eigenvalue weighted by molar-refractivity contribution is 6.30. The van der Waals surface area contributed by atoms with Gasteiger partial charge in [-0.25, -0.2) is 9.97 Å². The molecule has 0 atom stereocenters. The summed E-state index contributed by atoms with van der Waals surface area (Å²) in [4.78, 5) is 9.08.